The number of hydrogen-bond donors (Lipinski definition) is 1. The van der Waals surface area contributed by atoms with Gasteiger partial charge in [0.25, 0.3) is 0 Å². The maximum Gasteiger partial charge on any atom is 0.141 e. The summed E-state index contributed by atoms with van der Waals surface area (Å²) in [5.74, 6) is -0.450. The summed E-state index contributed by atoms with van der Waals surface area (Å²) in [5, 5.41) is 10.2. The number of halogens is 1. The second-order valence-electron chi connectivity index (χ2n) is 3.82. The Labute approximate surface area is 95.3 Å². The first-order valence-electron chi connectivity index (χ1n) is 5.43. The molecule has 0 saturated carbocycles. The van der Waals surface area contributed by atoms with E-state index in [-0.39, 0.29) is 0 Å². The van der Waals surface area contributed by atoms with Gasteiger partial charge in [-0.1, -0.05) is 13.8 Å². The molecule has 16 heavy (non-hydrogen) atoms. The third-order valence-corrected chi connectivity index (χ3v) is 3.14. The summed E-state index contributed by atoms with van der Waals surface area (Å²) in [5.41, 5.74) is -0.222. The molecule has 1 heterocycles. The van der Waals surface area contributed by atoms with Crippen LogP contribution in [0.5, 0.6) is 0 Å². The zero-order valence-corrected chi connectivity index (χ0v) is 9.90. The fourth-order valence-corrected chi connectivity index (χ4v) is 1.92. The quantitative estimate of drug-likeness (QED) is 0.840. The molecular formula is C12H18FNO2. The highest BCUT2D eigenvalue weighted by Gasteiger charge is 2.35. The SMILES string of the molecule is CCC(CC)(OC)C(O)c1cncc(F)c1. The van der Waals surface area contributed by atoms with Crippen molar-refractivity contribution in [1.82, 2.24) is 4.98 Å². The Hall–Kier alpha value is -1.00. The van der Waals surface area contributed by atoms with Crippen molar-refractivity contribution in [2.75, 3.05) is 7.11 Å². The van der Waals surface area contributed by atoms with Gasteiger partial charge in [0.1, 0.15) is 11.9 Å². The molecule has 0 aliphatic rings. The van der Waals surface area contributed by atoms with Crippen LogP contribution in [0.15, 0.2) is 18.5 Å². The maximum atomic E-state index is 13.0. The molecular weight excluding hydrogens is 209 g/mol. The number of pyridine rings is 1. The molecule has 0 spiro atoms. The third kappa shape index (κ3) is 2.39. The van der Waals surface area contributed by atoms with Gasteiger partial charge in [-0.15, -0.1) is 0 Å². The van der Waals surface area contributed by atoms with Crippen molar-refractivity contribution in [3.8, 4) is 0 Å². The normalized spacial score (nSPS) is 13.8. The number of aliphatic hydroxyl groups excluding tert-OH is 1. The highest BCUT2D eigenvalue weighted by molar-refractivity contribution is 5.17. The van der Waals surface area contributed by atoms with Crippen LogP contribution < -0.4 is 0 Å². The Morgan fingerprint density at radius 2 is 2.06 bits per heavy atom. The van der Waals surface area contributed by atoms with Crippen LogP contribution in [-0.4, -0.2) is 22.8 Å². The first-order chi connectivity index (χ1) is 7.59. The number of hydrogen-bond acceptors (Lipinski definition) is 3. The van der Waals surface area contributed by atoms with Gasteiger partial charge < -0.3 is 9.84 Å². The molecule has 1 aromatic rings. The van der Waals surface area contributed by atoms with Gasteiger partial charge in [-0.05, 0) is 18.9 Å². The molecule has 0 amide bonds. The van der Waals surface area contributed by atoms with E-state index < -0.39 is 17.5 Å². The number of aliphatic hydroxyl groups is 1. The summed E-state index contributed by atoms with van der Waals surface area (Å²) in [4.78, 5) is 3.73. The van der Waals surface area contributed by atoms with Crippen LogP contribution >= 0.6 is 0 Å². The summed E-state index contributed by atoms with van der Waals surface area (Å²) in [7, 11) is 1.56. The highest BCUT2D eigenvalue weighted by Crippen LogP contribution is 2.34. The molecule has 0 aliphatic carbocycles. The Balaban J connectivity index is 3.03. The Kier molecular flexibility index (Phi) is 4.38. The summed E-state index contributed by atoms with van der Waals surface area (Å²) in [6, 6.07) is 1.29. The second kappa shape index (κ2) is 5.37. The standard InChI is InChI=1S/C12H18FNO2/c1-4-12(5-2,16-3)11(15)9-6-10(13)8-14-7-9/h6-8,11,15H,4-5H2,1-3H3. The maximum absolute atomic E-state index is 13.0. The molecule has 1 atom stereocenters. The molecule has 4 heteroatoms. The largest absolute Gasteiger partial charge is 0.385 e. The summed E-state index contributed by atoms with van der Waals surface area (Å²) < 4.78 is 18.4. The van der Waals surface area contributed by atoms with E-state index in [0.717, 1.165) is 6.20 Å². The van der Waals surface area contributed by atoms with Crippen molar-refractivity contribution in [3.63, 3.8) is 0 Å². The van der Waals surface area contributed by atoms with Crippen molar-refractivity contribution in [2.45, 2.75) is 38.4 Å². The molecule has 0 aliphatic heterocycles. The van der Waals surface area contributed by atoms with Crippen LogP contribution in [-0.2, 0) is 4.74 Å². The number of aromatic nitrogens is 1. The average Bonchev–Trinajstić information content (AvgIpc) is 2.32. The van der Waals surface area contributed by atoms with Crippen molar-refractivity contribution >= 4 is 0 Å². The minimum Gasteiger partial charge on any atom is -0.385 e. The molecule has 0 saturated heterocycles. The van der Waals surface area contributed by atoms with E-state index in [1.807, 2.05) is 13.8 Å². The average molecular weight is 227 g/mol. The minimum atomic E-state index is -0.865. The lowest BCUT2D eigenvalue weighted by molar-refractivity contribution is -0.110. The predicted octanol–water partition coefficient (Wildman–Crippen LogP) is 2.46. The molecule has 1 unspecified atom stereocenters. The van der Waals surface area contributed by atoms with Crippen LogP contribution in [0.2, 0.25) is 0 Å². The summed E-state index contributed by atoms with van der Waals surface area (Å²) in [6.45, 7) is 3.87. The number of methoxy groups -OCH3 is 1. The molecule has 0 radical (unpaired) electrons. The van der Waals surface area contributed by atoms with Crippen molar-refractivity contribution < 1.29 is 14.2 Å². The van der Waals surface area contributed by atoms with Crippen molar-refractivity contribution in [3.05, 3.63) is 29.8 Å². The predicted molar refractivity (Wildman–Crippen MR) is 59.5 cm³/mol. The smallest absolute Gasteiger partial charge is 0.141 e. The zero-order chi connectivity index (χ0) is 12.2. The van der Waals surface area contributed by atoms with Crippen LogP contribution in [0.1, 0.15) is 38.4 Å². The number of rotatable bonds is 5. The molecule has 0 bridgehead atoms. The van der Waals surface area contributed by atoms with E-state index in [0.29, 0.717) is 18.4 Å². The first kappa shape index (κ1) is 13.1. The van der Waals surface area contributed by atoms with E-state index in [1.54, 1.807) is 7.11 Å². The van der Waals surface area contributed by atoms with E-state index in [4.69, 9.17) is 4.74 Å². The lowest BCUT2D eigenvalue weighted by Gasteiger charge is -2.35. The van der Waals surface area contributed by atoms with Gasteiger partial charge in [0.15, 0.2) is 0 Å². The number of nitrogens with zero attached hydrogens (tertiary/aromatic N) is 1. The van der Waals surface area contributed by atoms with Gasteiger partial charge in [0.2, 0.25) is 0 Å². The lowest BCUT2D eigenvalue weighted by atomic mass is 9.86. The molecule has 1 aromatic heterocycles. The zero-order valence-electron chi connectivity index (χ0n) is 9.90. The Morgan fingerprint density at radius 1 is 1.44 bits per heavy atom. The minimum absolute atomic E-state index is 0.450. The highest BCUT2D eigenvalue weighted by atomic mass is 19.1. The first-order valence-corrected chi connectivity index (χ1v) is 5.43. The van der Waals surface area contributed by atoms with E-state index in [9.17, 15) is 9.50 Å². The van der Waals surface area contributed by atoms with E-state index >= 15 is 0 Å². The molecule has 1 rings (SSSR count). The van der Waals surface area contributed by atoms with Crippen molar-refractivity contribution in [2.24, 2.45) is 0 Å². The fourth-order valence-electron chi connectivity index (χ4n) is 1.92. The van der Waals surface area contributed by atoms with Crippen LogP contribution in [0.25, 0.3) is 0 Å². The van der Waals surface area contributed by atoms with E-state index in [1.165, 1.54) is 12.3 Å². The third-order valence-electron chi connectivity index (χ3n) is 3.14. The molecule has 3 nitrogen and oxygen atoms in total. The van der Waals surface area contributed by atoms with Crippen molar-refractivity contribution in [1.29, 1.82) is 0 Å². The molecule has 0 aromatic carbocycles. The molecule has 1 N–H and O–H groups in total. The van der Waals surface area contributed by atoms with Crippen LogP contribution in [0.4, 0.5) is 4.39 Å². The van der Waals surface area contributed by atoms with E-state index in [2.05, 4.69) is 4.98 Å². The van der Waals surface area contributed by atoms with Gasteiger partial charge >= 0.3 is 0 Å². The lowest BCUT2D eigenvalue weighted by Crippen LogP contribution is -2.37. The van der Waals surface area contributed by atoms with Crippen LogP contribution in [0, 0.1) is 5.82 Å². The second-order valence-corrected chi connectivity index (χ2v) is 3.82. The topological polar surface area (TPSA) is 42.4 Å². The molecule has 90 valence electrons. The Morgan fingerprint density at radius 3 is 2.50 bits per heavy atom. The van der Waals surface area contributed by atoms with Gasteiger partial charge in [0.05, 0.1) is 11.8 Å². The van der Waals surface area contributed by atoms with Gasteiger partial charge in [-0.2, -0.15) is 0 Å². The summed E-state index contributed by atoms with van der Waals surface area (Å²) >= 11 is 0. The van der Waals surface area contributed by atoms with Gasteiger partial charge in [-0.25, -0.2) is 4.39 Å². The van der Waals surface area contributed by atoms with Gasteiger partial charge in [-0.3, -0.25) is 4.98 Å². The summed E-state index contributed by atoms with van der Waals surface area (Å²) in [6.07, 6.45) is 3.01. The monoisotopic (exact) mass is 227 g/mol. The molecule has 0 fully saturated rings. The number of ether oxygens (including phenoxy) is 1. The fraction of sp³-hybridized carbons (Fsp3) is 0.583. The van der Waals surface area contributed by atoms with Gasteiger partial charge in [0, 0.05) is 18.9 Å². The van der Waals surface area contributed by atoms with Crippen LogP contribution in [0.3, 0.4) is 0 Å². The Bertz CT molecular complexity index is 331.